The predicted molar refractivity (Wildman–Crippen MR) is 63.1 cm³/mol. The second kappa shape index (κ2) is 5.09. The summed E-state index contributed by atoms with van der Waals surface area (Å²) in [5.74, 6) is 5.24. The van der Waals surface area contributed by atoms with Crippen LogP contribution in [0.5, 0.6) is 0 Å². The van der Waals surface area contributed by atoms with Crippen molar-refractivity contribution in [2.75, 3.05) is 12.4 Å². The first-order valence-corrected chi connectivity index (χ1v) is 5.04. The standard InChI is InChI=1S/C9H12BrFN4/c1-5-3-6(10)7(11)4-8(5)14-9(13-2)15-12/h3-4H,12H2,1-2H3,(H2,13,14,15). The summed E-state index contributed by atoms with van der Waals surface area (Å²) in [6.07, 6.45) is 0. The molecule has 0 saturated heterocycles. The van der Waals surface area contributed by atoms with Crippen LogP contribution in [0.1, 0.15) is 5.56 Å². The number of benzene rings is 1. The largest absolute Gasteiger partial charge is 0.325 e. The molecule has 0 unspecified atom stereocenters. The lowest BCUT2D eigenvalue weighted by Gasteiger charge is -2.11. The fourth-order valence-electron chi connectivity index (χ4n) is 1.07. The first kappa shape index (κ1) is 11.9. The number of aryl methyl sites for hydroxylation is 1. The summed E-state index contributed by atoms with van der Waals surface area (Å²) >= 11 is 3.11. The molecule has 1 aromatic carbocycles. The van der Waals surface area contributed by atoms with E-state index in [-0.39, 0.29) is 5.82 Å². The Labute approximate surface area is 95.9 Å². The van der Waals surface area contributed by atoms with E-state index >= 15 is 0 Å². The molecule has 0 aromatic heterocycles. The number of anilines is 1. The van der Waals surface area contributed by atoms with E-state index in [1.165, 1.54) is 6.07 Å². The van der Waals surface area contributed by atoms with Crippen LogP contribution < -0.4 is 16.6 Å². The van der Waals surface area contributed by atoms with Gasteiger partial charge in [0, 0.05) is 12.7 Å². The summed E-state index contributed by atoms with van der Waals surface area (Å²) in [4.78, 5) is 3.83. The third kappa shape index (κ3) is 2.90. The van der Waals surface area contributed by atoms with Crippen molar-refractivity contribution in [3.8, 4) is 0 Å². The van der Waals surface area contributed by atoms with Gasteiger partial charge in [-0.1, -0.05) is 0 Å². The van der Waals surface area contributed by atoms with E-state index in [2.05, 4.69) is 31.7 Å². The van der Waals surface area contributed by atoms with Crippen molar-refractivity contribution >= 4 is 27.6 Å². The maximum Gasteiger partial charge on any atom is 0.209 e. The molecule has 1 aromatic rings. The van der Waals surface area contributed by atoms with Gasteiger partial charge >= 0.3 is 0 Å². The Morgan fingerprint density at radius 2 is 2.20 bits per heavy atom. The van der Waals surface area contributed by atoms with Gasteiger partial charge in [-0.05, 0) is 40.5 Å². The van der Waals surface area contributed by atoms with Gasteiger partial charge in [0.25, 0.3) is 0 Å². The highest BCUT2D eigenvalue weighted by Gasteiger charge is 2.06. The van der Waals surface area contributed by atoms with Crippen molar-refractivity contribution in [3.05, 3.63) is 28.0 Å². The number of nitrogens with one attached hydrogen (secondary N) is 2. The molecule has 0 heterocycles. The van der Waals surface area contributed by atoms with Gasteiger partial charge in [-0.15, -0.1) is 0 Å². The minimum absolute atomic E-state index is 0.337. The Bertz CT molecular complexity index is 392. The average Bonchev–Trinajstić information content (AvgIpc) is 2.21. The van der Waals surface area contributed by atoms with Crippen LogP contribution in [0.3, 0.4) is 0 Å². The van der Waals surface area contributed by atoms with Crippen molar-refractivity contribution in [2.45, 2.75) is 6.92 Å². The average molecular weight is 275 g/mol. The summed E-state index contributed by atoms with van der Waals surface area (Å²) in [6.45, 7) is 1.86. The number of aliphatic imine (C=N–C) groups is 1. The van der Waals surface area contributed by atoms with E-state index < -0.39 is 0 Å². The van der Waals surface area contributed by atoms with Gasteiger partial charge in [0.2, 0.25) is 5.96 Å². The Morgan fingerprint density at radius 3 is 2.73 bits per heavy atom. The van der Waals surface area contributed by atoms with Crippen LogP contribution in [0, 0.1) is 12.7 Å². The molecule has 0 radical (unpaired) electrons. The van der Waals surface area contributed by atoms with E-state index in [1.807, 2.05) is 6.92 Å². The molecule has 0 aliphatic rings. The minimum Gasteiger partial charge on any atom is -0.325 e. The van der Waals surface area contributed by atoms with Gasteiger partial charge in [0.15, 0.2) is 0 Å². The van der Waals surface area contributed by atoms with Crippen LogP contribution in [0.15, 0.2) is 21.6 Å². The number of halogens is 2. The van der Waals surface area contributed by atoms with E-state index in [1.54, 1.807) is 13.1 Å². The third-order valence-electron chi connectivity index (χ3n) is 1.88. The smallest absolute Gasteiger partial charge is 0.209 e. The highest BCUT2D eigenvalue weighted by molar-refractivity contribution is 9.10. The van der Waals surface area contributed by atoms with Crippen LogP contribution in [0.4, 0.5) is 10.1 Å². The van der Waals surface area contributed by atoms with Crippen molar-refractivity contribution < 1.29 is 4.39 Å². The van der Waals surface area contributed by atoms with Gasteiger partial charge in [-0.2, -0.15) is 0 Å². The quantitative estimate of drug-likeness (QED) is 0.317. The maximum absolute atomic E-state index is 13.2. The molecule has 15 heavy (non-hydrogen) atoms. The molecular weight excluding hydrogens is 263 g/mol. The first-order valence-electron chi connectivity index (χ1n) is 4.24. The topological polar surface area (TPSA) is 62.4 Å². The molecule has 1 rings (SSSR count). The molecular formula is C9H12BrFN4. The molecule has 0 atom stereocenters. The lowest BCUT2D eigenvalue weighted by Crippen LogP contribution is -2.36. The highest BCUT2D eigenvalue weighted by atomic mass is 79.9. The Balaban J connectivity index is 3.00. The molecule has 0 spiro atoms. The molecule has 6 heteroatoms. The first-order chi connectivity index (χ1) is 7.08. The number of nitrogens with zero attached hydrogens (tertiary/aromatic N) is 1. The number of nitrogens with two attached hydrogens (primary N) is 1. The highest BCUT2D eigenvalue weighted by Crippen LogP contribution is 2.23. The zero-order chi connectivity index (χ0) is 11.4. The number of rotatable bonds is 1. The van der Waals surface area contributed by atoms with Crippen molar-refractivity contribution in [2.24, 2.45) is 10.8 Å². The monoisotopic (exact) mass is 274 g/mol. The maximum atomic E-state index is 13.2. The third-order valence-corrected chi connectivity index (χ3v) is 2.49. The SMILES string of the molecule is CN=C(NN)Nc1cc(F)c(Br)cc1C. The number of hydrazine groups is 1. The van der Waals surface area contributed by atoms with Crippen LogP contribution >= 0.6 is 15.9 Å². The van der Waals surface area contributed by atoms with E-state index in [4.69, 9.17) is 5.84 Å². The van der Waals surface area contributed by atoms with E-state index in [9.17, 15) is 4.39 Å². The zero-order valence-corrected chi connectivity index (χ0v) is 10.0. The molecule has 0 amide bonds. The molecule has 0 aliphatic carbocycles. The van der Waals surface area contributed by atoms with Gasteiger partial charge < -0.3 is 5.32 Å². The minimum atomic E-state index is -0.337. The molecule has 0 fully saturated rings. The van der Waals surface area contributed by atoms with Crippen LogP contribution in [0.25, 0.3) is 0 Å². The molecule has 4 nitrogen and oxygen atoms in total. The van der Waals surface area contributed by atoms with Gasteiger partial charge in [-0.25, -0.2) is 10.2 Å². The Morgan fingerprint density at radius 1 is 1.53 bits per heavy atom. The van der Waals surface area contributed by atoms with Crippen LogP contribution in [0.2, 0.25) is 0 Å². The normalized spacial score (nSPS) is 11.4. The Kier molecular flexibility index (Phi) is 4.05. The summed E-state index contributed by atoms with van der Waals surface area (Å²) in [6, 6.07) is 3.06. The number of guanidine groups is 1. The Hall–Kier alpha value is -1.14. The lowest BCUT2D eigenvalue weighted by molar-refractivity contribution is 0.621. The molecule has 4 N–H and O–H groups in total. The van der Waals surface area contributed by atoms with Crippen molar-refractivity contribution in [1.29, 1.82) is 0 Å². The van der Waals surface area contributed by atoms with E-state index in [0.29, 0.717) is 16.1 Å². The second-order valence-electron chi connectivity index (χ2n) is 2.92. The molecule has 0 saturated carbocycles. The van der Waals surface area contributed by atoms with Crippen LogP contribution in [-0.2, 0) is 0 Å². The lowest BCUT2D eigenvalue weighted by atomic mass is 10.2. The van der Waals surface area contributed by atoms with Gasteiger partial charge in [0.05, 0.1) is 4.47 Å². The molecule has 0 aliphatic heterocycles. The van der Waals surface area contributed by atoms with Crippen LogP contribution in [-0.4, -0.2) is 13.0 Å². The predicted octanol–water partition coefficient (Wildman–Crippen LogP) is 1.76. The number of hydrogen-bond donors (Lipinski definition) is 3. The fourth-order valence-corrected chi connectivity index (χ4v) is 1.52. The van der Waals surface area contributed by atoms with Gasteiger partial charge in [0.1, 0.15) is 5.82 Å². The summed E-state index contributed by atoms with van der Waals surface area (Å²) in [5, 5.41) is 2.87. The zero-order valence-electron chi connectivity index (χ0n) is 8.44. The van der Waals surface area contributed by atoms with E-state index in [0.717, 1.165) is 5.56 Å². The molecule has 0 bridgehead atoms. The van der Waals surface area contributed by atoms with Crippen molar-refractivity contribution in [1.82, 2.24) is 5.43 Å². The molecule has 82 valence electrons. The summed E-state index contributed by atoms with van der Waals surface area (Å²) in [5.41, 5.74) is 3.87. The second-order valence-corrected chi connectivity index (χ2v) is 3.78. The fraction of sp³-hybridized carbons (Fsp3) is 0.222. The summed E-state index contributed by atoms with van der Waals surface area (Å²) < 4.78 is 13.7. The number of hydrogen-bond acceptors (Lipinski definition) is 2. The summed E-state index contributed by atoms with van der Waals surface area (Å²) in [7, 11) is 1.58. The van der Waals surface area contributed by atoms with Gasteiger partial charge in [-0.3, -0.25) is 10.4 Å². The van der Waals surface area contributed by atoms with Crippen molar-refractivity contribution in [3.63, 3.8) is 0 Å².